The van der Waals surface area contributed by atoms with Crippen molar-refractivity contribution in [3.8, 4) is 0 Å². The second-order valence-electron chi connectivity index (χ2n) is 7.86. The fourth-order valence-electron chi connectivity index (χ4n) is 4.99. The van der Waals surface area contributed by atoms with Gasteiger partial charge in [-0.3, -0.25) is 9.80 Å². The van der Waals surface area contributed by atoms with Crippen LogP contribution in [0, 0.1) is 0 Å². The van der Waals surface area contributed by atoms with Crippen LogP contribution >= 0.6 is 0 Å². The van der Waals surface area contributed by atoms with Crippen molar-refractivity contribution in [3.05, 3.63) is 36.0 Å². The number of fused-ring (bicyclic) bond motifs is 1. The average molecular weight is 341 g/mol. The van der Waals surface area contributed by atoms with E-state index in [1.54, 1.807) is 0 Å². The fraction of sp³-hybridized carbons (Fsp3) is 0.619. The zero-order chi connectivity index (χ0) is 17.2. The van der Waals surface area contributed by atoms with Gasteiger partial charge in [-0.2, -0.15) is 0 Å². The van der Waals surface area contributed by atoms with E-state index in [0.717, 1.165) is 38.6 Å². The van der Waals surface area contributed by atoms with E-state index in [-0.39, 0.29) is 0 Å². The smallest absolute Gasteiger partial charge is 0.0481 e. The number of piperazine rings is 1. The molecule has 0 amide bonds. The van der Waals surface area contributed by atoms with E-state index in [1.165, 1.54) is 42.1 Å². The third-order valence-corrected chi connectivity index (χ3v) is 6.24. The number of aromatic nitrogens is 1. The van der Waals surface area contributed by atoms with Gasteiger partial charge in [0, 0.05) is 69.0 Å². The number of nitrogens with zero attached hydrogens (tertiary/aromatic N) is 3. The lowest BCUT2D eigenvalue weighted by Crippen LogP contribution is -2.55. The molecule has 2 aromatic rings. The van der Waals surface area contributed by atoms with E-state index in [0.29, 0.717) is 12.6 Å². The van der Waals surface area contributed by atoms with Crippen molar-refractivity contribution < 1.29 is 5.11 Å². The fourth-order valence-corrected chi connectivity index (χ4v) is 4.99. The second kappa shape index (κ2) is 7.48. The first-order chi connectivity index (χ1) is 12.3. The summed E-state index contributed by atoms with van der Waals surface area (Å²) in [6.07, 6.45) is 8.66. The number of aliphatic hydroxyl groups excluding tert-OH is 1. The Bertz CT molecular complexity index is 704. The number of hydrogen-bond donors (Lipinski definition) is 1. The third-order valence-electron chi connectivity index (χ3n) is 6.24. The van der Waals surface area contributed by atoms with Crippen LogP contribution in [-0.2, 0) is 13.6 Å². The molecular formula is C21H31N3O. The lowest BCUT2D eigenvalue weighted by atomic mass is 10.0. The third kappa shape index (κ3) is 3.48. The largest absolute Gasteiger partial charge is 0.396 e. The van der Waals surface area contributed by atoms with Gasteiger partial charge in [0.1, 0.15) is 0 Å². The molecule has 1 aromatic heterocycles. The molecule has 136 valence electrons. The minimum Gasteiger partial charge on any atom is -0.396 e. The van der Waals surface area contributed by atoms with Crippen molar-refractivity contribution in [2.75, 3.05) is 26.2 Å². The molecule has 1 unspecified atom stereocenters. The van der Waals surface area contributed by atoms with Crippen molar-refractivity contribution >= 4 is 10.9 Å². The normalized spacial score (nSPS) is 23.7. The van der Waals surface area contributed by atoms with Gasteiger partial charge >= 0.3 is 0 Å². The number of aryl methyl sites for hydroxylation is 1. The summed E-state index contributed by atoms with van der Waals surface area (Å²) < 4.78 is 2.24. The lowest BCUT2D eigenvalue weighted by molar-refractivity contribution is 0.0269. The van der Waals surface area contributed by atoms with Crippen LogP contribution < -0.4 is 0 Å². The molecule has 2 heterocycles. The van der Waals surface area contributed by atoms with Crippen molar-refractivity contribution in [1.82, 2.24) is 14.4 Å². The van der Waals surface area contributed by atoms with Crippen LogP contribution in [0.1, 0.15) is 37.7 Å². The molecule has 1 aliphatic carbocycles. The van der Waals surface area contributed by atoms with Crippen LogP contribution in [0.3, 0.4) is 0 Å². The second-order valence-corrected chi connectivity index (χ2v) is 7.86. The molecule has 25 heavy (non-hydrogen) atoms. The van der Waals surface area contributed by atoms with E-state index in [9.17, 15) is 5.11 Å². The summed E-state index contributed by atoms with van der Waals surface area (Å²) in [7, 11) is 2.14. The van der Waals surface area contributed by atoms with Crippen LogP contribution in [0.15, 0.2) is 30.5 Å². The van der Waals surface area contributed by atoms with Crippen molar-refractivity contribution in [1.29, 1.82) is 0 Å². The summed E-state index contributed by atoms with van der Waals surface area (Å²) in [6.45, 7) is 4.69. The minimum absolute atomic E-state index is 0.302. The van der Waals surface area contributed by atoms with Crippen LogP contribution in [0.2, 0.25) is 0 Å². The molecular weight excluding hydrogens is 310 g/mol. The average Bonchev–Trinajstić information content (AvgIpc) is 3.25. The Hall–Kier alpha value is -1.36. The van der Waals surface area contributed by atoms with Crippen LogP contribution in [0.5, 0.6) is 0 Å². The van der Waals surface area contributed by atoms with Gasteiger partial charge in [-0.25, -0.2) is 0 Å². The molecule has 4 heteroatoms. The van der Waals surface area contributed by atoms with Gasteiger partial charge in [-0.05, 0) is 30.9 Å². The zero-order valence-electron chi connectivity index (χ0n) is 15.4. The Morgan fingerprint density at radius 3 is 2.72 bits per heavy atom. The topological polar surface area (TPSA) is 31.6 Å². The quantitative estimate of drug-likeness (QED) is 0.907. The maximum absolute atomic E-state index is 9.55. The molecule has 1 saturated carbocycles. The molecule has 0 spiro atoms. The maximum Gasteiger partial charge on any atom is 0.0481 e. The van der Waals surface area contributed by atoms with E-state index in [2.05, 4.69) is 51.9 Å². The summed E-state index contributed by atoms with van der Waals surface area (Å²) in [5.74, 6) is 0. The van der Waals surface area contributed by atoms with Gasteiger partial charge < -0.3 is 9.67 Å². The lowest BCUT2D eigenvalue weighted by Gasteiger charge is -2.44. The van der Waals surface area contributed by atoms with Gasteiger partial charge in [0.05, 0.1) is 0 Å². The zero-order valence-corrected chi connectivity index (χ0v) is 15.4. The van der Waals surface area contributed by atoms with Gasteiger partial charge in [-0.15, -0.1) is 0 Å². The van der Waals surface area contributed by atoms with Crippen LogP contribution in [-0.4, -0.2) is 57.8 Å². The number of rotatable bonds is 5. The van der Waals surface area contributed by atoms with Crippen LogP contribution in [0.4, 0.5) is 0 Å². The summed E-state index contributed by atoms with van der Waals surface area (Å²) in [4.78, 5) is 5.30. The predicted molar refractivity (Wildman–Crippen MR) is 103 cm³/mol. The van der Waals surface area contributed by atoms with Gasteiger partial charge in [0.15, 0.2) is 0 Å². The predicted octanol–water partition coefficient (Wildman–Crippen LogP) is 2.99. The minimum atomic E-state index is 0.302. The number of benzene rings is 1. The summed E-state index contributed by atoms with van der Waals surface area (Å²) >= 11 is 0. The van der Waals surface area contributed by atoms with Crippen molar-refractivity contribution in [2.24, 2.45) is 7.05 Å². The summed E-state index contributed by atoms with van der Waals surface area (Å²) in [6, 6.07) is 9.96. The monoisotopic (exact) mass is 341 g/mol. The first-order valence-corrected chi connectivity index (χ1v) is 9.88. The van der Waals surface area contributed by atoms with Crippen molar-refractivity contribution in [3.63, 3.8) is 0 Å². The highest BCUT2D eigenvalue weighted by Crippen LogP contribution is 2.29. The highest BCUT2D eigenvalue weighted by Gasteiger charge is 2.33. The Morgan fingerprint density at radius 1 is 1.12 bits per heavy atom. The van der Waals surface area contributed by atoms with E-state index < -0.39 is 0 Å². The SMILES string of the molecule is Cn1cc(CN2CCN(C3CCCC3)C(CCO)C2)c2ccccc21. The standard InChI is InChI=1S/C21H31N3O/c1-22-14-17(20-8-4-5-9-21(20)22)15-23-11-12-24(18-6-2-3-7-18)19(16-23)10-13-25/h4-5,8-9,14,18-19,25H,2-3,6-7,10-13,15-16H2,1H3. The van der Waals surface area contributed by atoms with Crippen molar-refractivity contribution in [2.45, 2.75) is 50.7 Å². The Morgan fingerprint density at radius 2 is 1.92 bits per heavy atom. The van der Waals surface area contributed by atoms with Gasteiger partial charge in [0.2, 0.25) is 0 Å². The molecule has 1 aliphatic heterocycles. The highest BCUT2D eigenvalue weighted by molar-refractivity contribution is 5.83. The summed E-state index contributed by atoms with van der Waals surface area (Å²) in [5.41, 5.74) is 2.74. The molecule has 1 saturated heterocycles. The van der Waals surface area contributed by atoms with Gasteiger partial charge in [0.25, 0.3) is 0 Å². The van der Waals surface area contributed by atoms with E-state index in [1.807, 2.05) is 0 Å². The molecule has 2 aliphatic rings. The highest BCUT2D eigenvalue weighted by atomic mass is 16.3. The van der Waals surface area contributed by atoms with E-state index in [4.69, 9.17) is 0 Å². The Labute approximate surface area is 151 Å². The molecule has 4 nitrogen and oxygen atoms in total. The molecule has 0 bridgehead atoms. The molecule has 1 aromatic carbocycles. The first kappa shape index (κ1) is 17.1. The van der Waals surface area contributed by atoms with Gasteiger partial charge in [-0.1, -0.05) is 31.0 Å². The number of para-hydroxylation sites is 1. The van der Waals surface area contributed by atoms with Crippen LogP contribution in [0.25, 0.3) is 10.9 Å². The summed E-state index contributed by atoms with van der Waals surface area (Å²) in [5, 5.41) is 10.9. The molecule has 1 N–H and O–H groups in total. The number of hydrogen-bond acceptors (Lipinski definition) is 3. The van der Waals surface area contributed by atoms with E-state index >= 15 is 0 Å². The maximum atomic E-state index is 9.55. The molecule has 1 atom stereocenters. The Balaban J connectivity index is 1.48. The molecule has 2 fully saturated rings. The number of aliphatic hydroxyl groups is 1. The molecule has 0 radical (unpaired) electrons. The first-order valence-electron chi connectivity index (χ1n) is 9.88. The Kier molecular flexibility index (Phi) is 5.11. The molecule has 4 rings (SSSR count).